The van der Waals surface area contributed by atoms with E-state index < -0.39 is 30.9 Å². The molecule has 8 heteroatoms. The Morgan fingerprint density at radius 1 is 1.35 bits per heavy atom. The summed E-state index contributed by atoms with van der Waals surface area (Å²) in [7, 11) is 0. The standard InChI is InChI=1S/C12H14F4N2O2/c13-9-3-2-8(17)6-10(9)18-11(19)7-20-5-1-4-12(14,15)16/h2-3,6H,1,4-5,7,17H2,(H,18,19). The van der Waals surface area contributed by atoms with E-state index in [0.29, 0.717) is 0 Å². The average Bonchev–Trinajstić information content (AvgIpc) is 2.32. The van der Waals surface area contributed by atoms with Crippen LogP contribution >= 0.6 is 0 Å². The Kier molecular flexibility index (Phi) is 5.75. The third-order valence-corrected chi connectivity index (χ3v) is 2.25. The highest BCUT2D eigenvalue weighted by molar-refractivity contribution is 5.92. The number of nitrogen functional groups attached to an aromatic ring is 1. The van der Waals surface area contributed by atoms with Crippen LogP contribution in [0.1, 0.15) is 12.8 Å². The van der Waals surface area contributed by atoms with Gasteiger partial charge in [-0.25, -0.2) is 4.39 Å². The van der Waals surface area contributed by atoms with Gasteiger partial charge in [0, 0.05) is 18.7 Å². The molecule has 1 amide bonds. The van der Waals surface area contributed by atoms with E-state index in [1.807, 2.05) is 0 Å². The molecule has 112 valence electrons. The van der Waals surface area contributed by atoms with Crippen molar-refractivity contribution >= 4 is 17.3 Å². The van der Waals surface area contributed by atoms with Gasteiger partial charge in [-0.2, -0.15) is 13.2 Å². The van der Waals surface area contributed by atoms with Crippen molar-refractivity contribution in [1.29, 1.82) is 0 Å². The maximum absolute atomic E-state index is 13.3. The Hall–Kier alpha value is -1.83. The number of carbonyl (C=O) groups excluding carboxylic acids is 1. The van der Waals surface area contributed by atoms with Crippen LogP contribution in [0, 0.1) is 5.82 Å². The van der Waals surface area contributed by atoms with Gasteiger partial charge < -0.3 is 15.8 Å². The predicted molar refractivity (Wildman–Crippen MR) is 65.6 cm³/mol. The number of rotatable bonds is 6. The molecule has 0 aliphatic carbocycles. The normalized spacial score (nSPS) is 11.4. The Labute approximate surface area is 112 Å². The summed E-state index contributed by atoms with van der Waals surface area (Å²) in [5, 5.41) is 2.22. The fraction of sp³-hybridized carbons (Fsp3) is 0.417. The molecule has 0 aliphatic heterocycles. The molecule has 4 nitrogen and oxygen atoms in total. The zero-order chi connectivity index (χ0) is 15.2. The zero-order valence-electron chi connectivity index (χ0n) is 10.5. The second-order valence-corrected chi connectivity index (χ2v) is 4.06. The number of benzene rings is 1. The van der Waals surface area contributed by atoms with E-state index >= 15 is 0 Å². The van der Waals surface area contributed by atoms with Crippen LogP contribution in [0.3, 0.4) is 0 Å². The summed E-state index contributed by atoms with van der Waals surface area (Å²) in [6.07, 6.45) is -5.45. The van der Waals surface area contributed by atoms with Crippen LogP contribution in [0.4, 0.5) is 28.9 Å². The van der Waals surface area contributed by atoms with Gasteiger partial charge in [0.2, 0.25) is 5.91 Å². The second kappa shape index (κ2) is 7.09. The number of nitrogens with one attached hydrogen (secondary N) is 1. The third kappa shape index (κ3) is 6.37. The van der Waals surface area contributed by atoms with Gasteiger partial charge in [-0.1, -0.05) is 0 Å². The number of ether oxygens (including phenoxy) is 1. The van der Waals surface area contributed by atoms with Crippen LogP contribution in [-0.4, -0.2) is 25.3 Å². The lowest BCUT2D eigenvalue weighted by Crippen LogP contribution is -2.20. The summed E-state index contributed by atoms with van der Waals surface area (Å²) in [4.78, 5) is 11.4. The molecule has 0 aromatic heterocycles. The zero-order valence-corrected chi connectivity index (χ0v) is 10.5. The van der Waals surface area contributed by atoms with Crippen molar-refractivity contribution in [1.82, 2.24) is 0 Å². The molecular weight excluding hydrogens is 280 g/mol. The molecule has 20 heavy (non-hydrogen) atoms. The lowest BCUT2D eigenvalue weighted by Gasteiger charge is -2.08. The molecule has 0 aliphatic rings. The number of hydrogen-bond donors (Lipinski definition) is 2. The van der Waals surface area contributed by atoms with E-state index in [-0.39, 0.29) is 24.4 Å². The van der Waals surface area contributed by atoms with E-state index in [0.717, 1.165) is 6.07 Å². The van der Waals surface area contributed by atoms with Crippen LogP contribution in [0.5, 0.6) is 0 Å². The first-order valence-corrected chi connectivity index (χ1v) is 5.77. The molecule has 1 rings (SSSR count). The van der Waals surface area contributed by atoms with Crippen molar-refractivity contribution in [3.05, 3.63) is 24.0 Å². The summed E-state index contributed by atoms with van der Waals surface area (Å²) >= 11 is 0. The molecule has 1 aromatic carbocycles. The first kappa shape index (κ1) is 16.2. The Balaban J connectivity index is 2.29. The van der Waals surface area contributed by atoms with Gasteiger partial charge in [-0.05, 0) is 24.6 Å². The average molecular weight is 294 g/mol. The first-order valence-electron chi connectivity index (χ1n) is 5.77. The topological polar surface area (TPSA) is 64.3 Å². The van der Waals surface area contributed by atoms with Crippen molar-refractivity contribution in [2.24, 2.45) is 0 Å². The minimum atomic E-state index is -4.24. The Bertz CT molecular complexity index is 463. The highest BCUT2D eigenvalue weighted by Gasteiger charge is 2.25. The second-order valence-electron chi connectivity index (χ2n) is 4.06. The van der Waals surface area contributed by atoms with Gasteiger partial charge in [-0.3, -0.25) is 4.79 Å². The van der Waals surface area contributed by atoms with Crippen molar-refractivity contribution in [2.75, 3.05) is 24.3 Å². The fourth-order valence-electron chi connectivity index (χ4n) is 1.36. The van der Waals surface area contributed by atoms with Crippen LogP contribution in [0.25, 0.3) is 0 Å². The van der Waals surface area contributed by atoms with E-state index in [4.69, 9.17) is 10.5 Å². The first-order chi connectivity index (χ1) is 9.28. The number of anilines is 2. The van der Waals surface area contributed by atoms with Gasteiger partial charge in [0.1, 0.15) is 12.4 Å². The smallest absolute Gasteiger partial charge is 0.389 e. The van der Waals surface area contributed by atoms with E-state index in [1.165, 1.54) is 12.1 Å². The summed E-state index contributed by atoms with van der Waals surface area (Å²) in [6, 6.07) is 3.66. The minimum Gasteiger partial charge on any atom is -0.399 e. The van der Waals surface area contributed by atoms with Crippen molar-refractivity contribution in [2.45, 2.75) is 19.0 Å². The van der Waals surface area contributed by atoms with E-state index in [9.17, 15) is 22.4 Å². The number of alkyl halides is 3. The molecule has 0 atom stereocenters. The third-order valence-electron chi connectivity index (χ3n) is 2.25. The maximum atomic E-state index is 13.3. The quantitative estimate of drug-likeness (QED) is 0.481. The SMILES string of the molecule is Nc1ccc(F)c(NC(=O)COCCCC(F)(F)F)c1. The number of halogens is 4. The van der Waals surface area contributed by atoms with Crippen LogP contribution in [-0.2, 0) is 9.53 Å². The minimum absolute atomic E-state index is 0.103. The van der Waals surface area contributed by atoms with Crippen molar-refractivity contribution in [3.63, 3.8) is 0 Å². The summed E-state index contributed by atoms with van der Waals surface area (Å²) < 4.78 is 53.5. The maximum Gasteiger partial charge on any atom is 0.389 e. The van der Waals surface area contributed by atoms with Gasteiger partial charge in [0.15, 0.2) is 0 Å². The number of amides is 1. The number of nitrogens with two attached hydrogens (primary N) is 1. The predicted octanol–water partition coefficient (Wildman–Crippen LogP) is 2.71. The highest BCUT2D eigenvalue weighted by Crippen LogP contribution is 2.21. The van der Waals surface area contributed by atoms with Crippen LogP contribution in [0.2, 0.25) is 0 Å². The van der Waals surface area contributed by atoms with Gasteiger partial charge in [0.25, 0.3) is 0 Å². The molecule has 0 saturated carbocycles. The Morgan fingerprint density at radius 2 is 2.05 bits per heavy atom. The fourth-order valence-corrected chi connectivity index (χ4v) is 1.36. The molecule has 0 unspecified atom stereocenters. The molecule has 0 radical (unpaired) electrons. The molecule has 0 heterocycles. The van der Waals surface area contributed by atoms with Gasteiger partial charge in [-0.15, -0.1) is 0 Å². The molecule has 1 aromatic rings. The summed E-state index contributed by atoms with van der Waals surface area (Å²) in [5.41, 5.74) is 5.60. The molecule has 0 spiro atoms. The van der Waals surface area contributed by atoms with Crippen molar-refractivity contribution in [3.8, 4) is 0 Å². The van der Waals surface area contributed by atoms with Crippen LogP contribution < -0.4 is 11.1 Å². The molecule has 0 saturated heterocycles. The van der Waals surface area contributed by atoms with Gasteiger partial charge >= 0.3 is 6.18 Å². The highest BCUT2D eigenvalue weighted by atomic mass is 19.4. The largest absolute Gasteiger partial charge is 0.399 e. The molecule has 3 N–H and O–H groups in total. The van der Waals surface area contributed by atoms with E-state index in [1.54, 1.807) is 0 Å². The Morgan fingerprint density at radius 3 is 2.70 bits per heavy atom. The van der Waals surface area contributed by atoms with Gasteiger partial charge in [0.05, 0.1) is 5.69 Å². The lowest BCUT2D eigenvalue weighted by molar-refractivity contribution is -0.138. The summed E-state index contributed by atoms with van der Waals surface area (Å²) in [6.45, 7) is -0.654. The monoisotopic (exact) mass is 294 g/mol. The lowest BCUT2D eigenvalue weighted by atomic mass is 10.2. The van der Waals surface area contributed by atoms with Crippen LogP contribution in [0.15, 0.2) is 18.2 Å². The summed E-state index contributed by atoms with van der Waals surface area (Å²) in [5.74, 6) is -1.33. The van der Waals surface area contributed by atoms with E-state index in [2.05, 4.69) is 5.32 Å². The number of carbonyl (C=O) groups is 1. The molecule has 0 bridgehead atoms. The molecular formula is C12H14F4N2O2. The molecule has 0 fully saturated rings. The number of hydrogen-bond acceptors (Lipinski definition) is 3. The van der Waals surface area contributed by atoms with Crippen molar-refractivity contribution < 1.29 is 27.1 Å².